The van der Waals surface area contributed by atoms with Gasteiger partial charge in [0, 0.05) is 44.7 Å². The molecule has 0 spiro atoms. The zero-order valence-electron chi connectivity index (χ0n) is 23.1. The van der Waals surface area contributed by atoms with Crippen molar-refractivity contribution in [2.24, 2.45) is 0 Å². The van der Waals surface area contributed by atoms with E-state index >= 15 is 4.39 Å². The molecule has 3 saturated carbocycles. The van der Waals surface area contributed by atoms with Crippen LogP contribution < -0.4 is 9.62 Å². The quantitative estimate of drug-likeness (QED) is 0.359. The number of hydrogen-bond acceptors (Lipinski definition) is 9. The van der Waals surface area contributed by atoms with Crippen molar-refractivity contribution in [1.82, 2.24) is 29.2 Å². The molecule has 3 aliphatic carbocycles. The molecule has 1 amide bonds. The van der Waals surface area contributed by atoms with Crippen molar-refractivity contribution in [3.8, 4) is 10.7 Å². The van der Waals surface area contributed by atoms with Crippen LogP contribution in [0.15, 0.2) is 11.0 Å². The Hall–Kier alpha value is -2.82. The normalized spacial score (nSPS) is 21.4. The second-order valence-corrected chi connectivity index (χ2v) is 14.5. The van der Waals surface area contributed by atoms with Crippen molar-refractivity contribution in [2.45, 2.75) is 73.8 Å². The number of anilines is 1. The minimum atomic E-state index is -4.31. The number of methoxy groups -OCH3 is 1. The highest BCUT2D eigenvalue weighted by atomic mass is 32.2. The van der Waals surface area contributed by atoms with E-state index in [1.165, 1.54) is 13.2 Å². The third-order valence-corrected chi connectivity index (χ3v) is 11.2. The van der Waals surface area contributed by atoms with E-state index < -0.39 is 43.4 Å². The zero-order valence-corrected chi connectivity index (χ0v) is 24.7. The first-order valence-corrected chi connectivity index (χ1v) is 16.3. The van der Waals surface area contributed by atoms with Gasteiger partial charge in [-0.3, -0.25) is 9.20 Å². The zero-order chi connectivity index (χ0) is 29.6. The van der Waals surface area contributed by atoms with Crippen LogP contribution in [0.4, 0.5) is 18.9 Å². The lowest BCUT2D eigenvalue weighted by Crippen LogP contribution is -2.52. The van der Waals surface area contributed by atoms with Crippen LogP contribution in [0.25, 0.3) is 16.3 Å². The first-order valence-electron chi connectivity index (χ1n) is 14.0. The van der Waals surface area contributed by atoms with Gasteiger partial charge >= 0.3 is 0 Å². The van der Waals surface area contributed by atoms with E-state index in [-0.39, 0.29) is 28.2 Å². The van der Waals surface area contributed by atoms with Crippen LogP contribution in [-0.2, 0) is 19.6 Å². The number of carbonyl (C=O) groups excluding carboxylic acids is 1. The lowest BCUT2D eigenvalue weighted by Gasteiger charge is -2.37. The molecule has 4 aliphatic rings. The topological polar surface area (TPSA) is 122 Å². The van der Waals surface area contributed by atoms with Gasteiger partial charge in [-0.2, -0.15) is 4.39 Å². The fourth-order valence-electron chi connectivity index (χ4n) is 5.57. The molecule has 0 bridgehead atoms. The Morgan fingerprint density at radius 1 is 1.14 bits per heavy atom. The number of imidazole rings is 1. The molecule has 0 aromatic carbocycles. The van der Waals surface area contributed by atoms with E-state index in [4.69, 9.17) is 9.72 Å². The number of amides is 1. The Kier molecular flexibility index (Phi) is 6.39. The van der Waals surface area contributed by atoms with Gasteiger partial charge in [0.05, 0.1) is 11.4 Å². The molecule has 42 heavy (non-hydrogen) atoms. The summed E-state index contributed by atoms with van der Waals surface area (Å²) in [6.45, 7) is 3.19. The largest absolute Gasteiger partial charge is 0.368 e. The van der Waals surface area contributed by atoms with Gasteiger partial charge in [0.2, 0.25) is 16.0 Å². The van der Waals surface area contributed by atoms with E-state index in [0.29, 0.717) is 74.6 Å². The van der Waals surface area contributed by atoms with E-state index in [1.807, 2.05) is 4.90 Å². The number of carbonyl (C=O) groups is 1. The molecule has 1 saturated heterocycles. The molecule has 7 rings (SSSR count). The highest BCUT2D eigenvalue weighted by molar-refractivity contribution is 7.89. The van der Waals surface area contributed by atoms with Crippen molar-refractivity contribution in [1.29, 1.82) is 0 Å². The van der Waals surface area contributed by atoms with Gasteiger partial charge in [0.15, 0.2) is 15.7 Å². The Balaban J connectivity index is 1.35. The van der Waals surface area contributed by atoms with Crippen molar-refractivity contribution >= 4 is 38.6 Å². The molecule has 1 N–H and O–H groups in total. The Morgan fingerprint density at radius 2 is 1.83 bits per heavy atom. The third kappa shape index (κ3) is 4.66. The maximum absolute atomic E-state index is 16.5. The van der Waals surface area contributed by atoms with Gasteiger partial charge in [0.25, 0.3) is 12.3 Å². The minimum absolute atomic E-state index is 0.0344. The molecule has 3 aromatic heterocycles. The number of hydrogen-bond donors (Lipinski definition) is 1. The number of halogens is 3. The van der Waals surface area contributed by atoms with Crippen LogP contribution >= 0.6 is 11.3 Å². The van der Waals surface area contributed by atoms with E-state index in [9.17, 15) is 22.0 Å². The van der Waals surface area contributed by atoms with Crippen molar-refractivity contribution < 1.29 is 31.1 Å². The van der Waals surface area contributed by atoms with E-state index in [1.54, 1.807) is 11.8 Å². The summed E-state index contributed by atoms with van der Waals surface area (Å²) in [6.07, 6.45) is 1.31. The van der Waals surface area contributed by atoms with E-state index in [0.717, 1.165) is 17.2 Å². The molecule has 11 nitrogen and oxygen atoms in total. The number of fused-ring (bicyclic) bond motifs is 1. The number of alkyl halides is 2. The van der Waals surface area contributed by atoms with Gasteiger partial charge in [0.1, 0.15) is 16.2 Å². The number of nitrogens with zero attached hydrogens (tertiary/aromatic N) is 6. The first-order chi connectivity index (χ1) is 20.0. The number of aromatic nitrogens is 4. The highest BCUT2D eigenvalue weighted by Gasteiger charge is 2.53. The van der Waals surface area contributed by atoms with Crippen molar-refractivity contribution in [2.75, 3.05) is 38.2 Å². The number of rotatable bonds is 9. The maximum Gasteiger partial charge on any atom is 0.291 e. The first kappa shape index (κ1) is 28.0. The predicted molar refractivity (Wildman–Crippen MR) is 147 cm³/mol. The van der Waals surface area contributed by atoms with Gasteiger partial charge in [-0.15, -0.1) is 10.2 Å². The summed E-state index contributed by atoms with van der Waals surface area (Å²) in [5, 5.41) is 7.06. The van der Waals surface area contributed by atoms with Crippen LogP contribution in [-0.4, -0.2) is 83.2 Å². The summed E-state index contributed by atoms with van der Waals surface area (Å²) in [5.74, 6) is -1.17. The Bertz CT molecular complexity index is 1690. The fourth-order valence-corrected chi connectivity index (χ4v) is 7.86. The molecule has 3 aromatic rings. The molecule has 1 aliphatic heterocycles. The average Bonchev–Trinajstić information content (AvgIpc) is 3.92. The smallest absolute Gasteiger partial charge is 0.291 e. The van der Waals surface area contributed by atoms with Crippen LogP contribution in [0, 0.1) is 5.95 Å². The predicted octanol–water partition coefficient (Wildman–Crippen LogP) is 3.47. The summed E-state index contributed by atoms with van der Waals surface area (Å²) in [5.41, 5.74) is -0.236. The number of nitrogens with one attached hydrogen (secondary N) is 1. The molecule has 0 unspecified atom stereocenters. The van der Waals surface area contributed by atoms with Gasteiger partial charge < -0.3 is 14.5 Å². The molecule has 4 fully saturated rings. The maximum atomic E-state index is 16.5. The van der Waals surface area contributed by atoms with Gasteiger partial charge in [-0.25, -0.2) is 26.9 Å². The monoisotopic (exact) mass is 625 g/mol. The molecular formula is C26H30F3N7O4S2. The summed E-state index contributed by atoms with van der Waals surface area (Å²) < 4.78 is 79.7. The summed E-state index contributed by atoms with van der Waals surface area (Å²) >= 11 is 0.636. The van der Waals surface area contributed by atoms with Crippen LogP contribution in [0.5, 0.6) is 0 Å². The summed E-state index contributed by atoms with van der Waals surface area (Å²) in [7, 11) is -2.78. The Labute approximate surface area is 244 Å². The second-order valence-electron chi connectivity index (χ2n) is 11.9. The minimum Gasteiger partial charge on any atom is -0.368 e. The highest BCUT2D eigenvalue weighted by Crippen LogP contribution is 2.47. The average molecular weight is 626 g/mol. The van der Waals surface area contributed by atoms with Gasteiger partial charge in [-0.05, 0) is 51.5 Å². The van der Waals surface area contributed by atoms with E-state index in [2.05, 4.69) is 14.9 Å². The van der Waals surface area contributed by atoms with Gasteiger partial charge in [-0.1, -0.05) is 11.3 Å². The molecule has 226 valence electrons. The molecular weight excluding hydrogens is 595 g/mol. The van der Waals surface area contributed by atoms with Crippen LogP contribution in [0.2, 0.25) is 0 Å². The molecule has 0 atom stereocenters. The lowest BCUT2D eigenvalue weighted by atomic mass is 10.2. The molecule has 16 heteroatoms. The lowest BCUT2D eigenvalue weighted by molar-refractivity contribution is -0.144. The van der Waals surface area contributed by atoms with Crippen LogP contribution in [0.1, 0.15) is 68.5 Å². The van der Waals surface area contributed by atoms with Crippen molar-refractivity contribution in [3.63, 3.8) is 0 Å². The number of ether oxygens (including phenoxy) is 1. The number of piperazine rings is 1. The fraction of sp³-hybridized carbons (Fsp3) is 0.615. The number of sulfonamides is 1. The van der Waals surface area contributed by atoms with Crippen LogP contribution in [0.3, 0.4) is 0 Å². The summed E-state index contributed by atoms with van der Waals surface area (Å²) in [4.78, 5) is 20.9. The third-order valence-electron chi connectivity index (χ3n) is 8.66. The molecule has 4 heterocycles. The Morgan fingerprint density at radius 3 is 2.38 bits per heavy atom. The standard InChI is InChI=1S/C26H30F3N7O4S2/c1-25(5-6-25)33-42(38,39)16-13-15(34-9-11-35(12-10-34)24(37)26(40-2)7-8-26)21-30-17(14-3-4-14)18(36(21)20(16)29)22-31-32-23(41-22)19(27)28/h13-14,19,33H,3-12H2,1-2H3. The number of pyridine rings is 1. The molecule has 0 radical (unpaired) electrons. The SMILES string of the molecule is COC1(C(=O)N2CCN(c3cc(S(=O)(=O)NC4(C)CC4)c(F)n4c(-c5nnc(C(F)F)s5)c(C5CC5)nc34)CC2)CC1. The summed E-state index contributed by atoms with van der Waals surface area (Å²) in [6, 6.07) is 1.30. The second kappa shape index (κ2) is 9.59. The van der Waals surface area contributed by atoms with Crippen molar-refractivity contribution in [3.05, 3.63) is 22.7 Å².